The molecule has 7 heteroatoms. The monoisotopic (exact) mass is 312 g/mol. The normalized spacial score (nSPS) is 13.6. The molecule has 1 heterocycles. The van der Waals surface area contributed by atoms with Gasteiger partial charge in [0.25, 0.3) is 0 Å². The van der Waals surface area contributed by atoms with Gasteiger partial charge in [0.1, 0.15) is 0 Å². The summed E-state index contributed by atoms with van der Waals surface area (Å²) in [5, 5.41) is 11.1. The quantitative estimate of drug-likeness (QED) is 0.651. The maximum Gasteiger partial charge on any atom is 0.319 e. The Morgan fingerprint density at radius 2 is 2.05 bits per heavy atom. The zero-order chi connectivity index (χ0) is 14.4. The van der Waals surface area contributed by atoms with E-state index in [1.54, 1.807) is 6.07 Å². The first-order valence-electron chi connectivity index (χ1n) is 6.72. The fourth-order valence-corrected chi connectivity index (χ4v) is 1.87. The molecule has 0 aromatic heterocycles. The Kier molecular flexibility index (Phi) is 6.98. The molecule has 1 aromatic carbocycles. The van der Waals surface area contributed by atoms with Crippen molar-refractivity contribution in [3.8, 4) is 0 Å². The average Bonchev–Trinajstić information content (AvgIpc) is 2.34. The Morgan fingerprint density at radius 3 is 2.67 bits per heavy atom. The van der Waals surface area contributed by atoms with Crippen LogP contribution in [0, 0.1) is 12.8 Å². The minimum Gasteiger partial charge on any atom is -0.354 e. The first-order valence-corrected chi connectivity index (χ1v) is 6.72. The molecule has 1 fully saturated rings. The van der Waals surface area contributed by atoms with Gasteiger partial charge in [-0.1, -0.05) is 12.1 Å². The van der Waals surface area contributed by atoms with Crippen molar-refractivity contribution in [1.29, 1.82) is 0 Å². The summed E-state index contributed by atoms with van der Waals surface area (Å²) in [6, 6.07) is 7.10. The number of halogens is 1. The number of carbonyl (C=O) groups excluding carboxylic acids is 2. The van der Waals surface area contributed by atoms with Gasteiger partial charge < -0.3 is 21.3 Å². The topological polar surface area (TPSA) is 82.3 Å². The van der Waals surface area contributed by atoms with Gasteiger partial charge in [0.15, 0.2) is 0 Å². The van der Waals surface area contributed by atoms with Gasteiger partial charge in [0.2, 0.25) is 5.91 Å². The summed E-state index contributed by atoms with van der Waals surface area (Å²) in [6.07, 6.45) is 0. The summed E-state index contributed by atoms with van der Waals surface area (Å²) in [6.45, 7) is 4.49. The van der Waals surface area contributed by atoms with Gasteiger partial charge in [-0.2, -0.15) is 0 Å². The van der Waals surface area contributed by atoms with E-state index in [0.29, 0.717) is 18.2 Å². The lowest BCUT2D eigenvalue weighted by Crippen LogP contribution is -2.49. The lowest BCUT2D eigenvalue weighted by molar-refractivity contribution is -0.120. The fraction of sp³-hybridized carbons (Fsp3) is 0.429. The minimum atomic E-state index is -0.379. The van der Waals surface area contributed by atoms with E-state index in [-0.39, 0.29) is 30.9 Å². The number of urea groups is 1. The smallest absolute Gasteiger partial charge is 0.319 e. The van der Waals surface area contributed by atoms with E-state index in [1.807, 2.05) is 25.1 Å². The molecule has 6 nitrogen and oxygen atoms in total. The highest BCUT2D eigenvalue weighted by Gasteiger charge is 2.17. The van der Waals surface area contributed by atoms with Crippen LogP contribution < -0.4 is 21.3 Å². The number of hydrogen-bond acceptors (Lipinski definition) is 3. The molecule has 2 rings (SSSR count). The van der Waals surface area contributed by atoms with Crippen molar-refractivity contribution in [2.45, 2.75) is 6.92 Å². The highest BCUT2D eigenvalue weighted by atomic mass is 35.5. The van der Waals surface area contributed by atoms with Crippen molar-refractivity contribution >= 4 is 30.0 Å². The van der Waals surface area contributed by atoms with E-state index >= 15 is 0 Å². The third-order valence-corrected chi connectivity index (χ3v) is 3.14. The van der Waals surface area contributed by atoms with E-state index in [2.05, 4.69) is 21.3 Å². The van der Waals surface area contributed by atoms with E-state index in [0.717, 1.165) is 18.7 Å². The molecule has 0 unspecified atom stereocenters. The number of hydrogen-bond donors (Lipinski definition) is 4. The summed E-state index contributed by atoms with van der Waals surface area (Å²) in [5.41, 5.74) is 1.78. The SMILES string of the molecule is Cc1cccc(NC(=O)NCC(=O)NCC2CNC2)c1.Cl. The molecule has 1 saturated heterocycles. The van der Waals surface area contributed by atoms with Gasteiger partial charge >= 0.3 is 6.03 Å². The molecule has 0 radical (unpaired) electrons. The molecular weight excluding hydrogens is 292 g/mol. The molecule has 1 aromatic rings. The Morgan fingerprint density at radius 1 is 1.29 bits per heavy atom. The number of carbonyl (C=O) groups is 2. The van der Waals surface area contributed by atoms with Crippen molar-refractivity contribution in [2.24, 2.45) is 5.92 Å². The Hall–Kier alpha value is -1.79. The third kappa shape index (κ3) is 6.01. The van der Waals surface area contributed by atoms with Crippen LogP contribution in [0.3, 0.4) is 0 Å². The van der Waals surface area contributed by atoms with Crippen molar-refractivity contribution in [1.82, 2.24) is 16.0 Å². The summed E-state index contributed by atoms with van der Waals surface area (Å²) in [5.74, 6) is 0.344. The van der Waals surface area contributed by atoms with Crippen LogP contribution in [0.2, 0.25) is 0 Å². The van der Waals surface area contributed by atoms with Gasteiger partial charge in [-0.3, -0.25) is 4.79 Å². The number of anilines is 1. The van der Waals surface area contributed by atoms with Crippen LogP contribution >= 0.6 is 12.4 Å². The lowest BCUT2D eigenvalue weighted by Gasteiger charge is -2.27. The van der Waals surface area contributed by atoms with Crippen LogP contribution in [-0.4, -0.2) is 38.1 Å². The molecule has 0 atom stereocenters. The van der Waals surface area contributed by atoms with Crippen LogP contribution in [0.1, 0.15) is 5.56 Å². The van der Waals surface area contributed by atoms with Crippen molar-refractivity contribution in [2.75, 3.05) is 31.5 Å². The number of rotatable bonds is 5. The van der Waals surface area contributed by atoms with E-state index in [1.165, 1.54) is 0 Å². The second-order valence-electron chi connectivity index (χ2n) is 5.01. The van der Waals surface area contributed by atoms with E-state index in [9.17, 15) is 9.59 Å². The third-order valence-electron chi connectivity index (χ3n) is 3.14. The molecule has 4 N–H and O–H groups in total. The van der Waals surface area contributed by atoms with Crippen molar-refractivity contribution < 1.29 is 9.59 Å². The molecule has 1 aliphatic heterocycles. The van der Waals surface area contributed by atoms with Crippen LogP contribution in [0.5, 0.6) is 0 Å². The summed E-state index contributed by atoms with van der Waals surface area (Å²) in [7, 11) is 0. The Bertz CT molecular complexity index is 492. The largest absolute Gasteiger partial charge is 0.354 e. The average molecular weight is 313 g/mol. The highest BCUT2D eigenvalue weighted by molar-refractivity contribution is 5.92. The second kappa shape index (κ2) is 8.49. The van der Waals surface area contributed by atoms with Crippen LogP contribution in [0.25, 0.3) is 0 Å². The van der Waals surface area contributed by atoms with E-state index in [4.69, 9.17) is 0 Å². The van der Waals surface area contributed by atoms with Gasteiger partial charge in [-0.05, 0) is 24.6 Å². The fourth-order valence-electron chi connectivity index (χ4n) is 1.87. The molecule has 0 aliphatic carbocycles. The van der Waals surface area contributed by atoms with E-state index < -0.39 is 0 Å². The molecule has 0 bridgehead atoms. The van der Waals surface area contributed by atoms with Crippen molar-refractivity contribution in [3.63, 3.8) is 0 Å². The number of amides is 3. The molecule has 3 amide bonds. The number of aryl methyl sites for hydroxylation is 1. The molecule has 116 valence electrons. The van der Waals surface area contributed by atoms with Gasteiger partial charge in [0.05, 0.1) is 6.54 Å². The maximum absolute atomic E-state index is 11.6. The number of benzene rings is 1. The van der Waals surface area contributed by atoms with Crippen LogP contribution in [-0.2, 0) is 4.79 Å². The van der Waals surface area contributed by atoms with Gasteiger partial charge in [0, 0.05) is 31.2 Å². The molecule has 0 spiro atoms. The highest BCUT2D eigenvalue weighted by Crippen LogP contribution is 2.08. The standard InChI is InChI=1S/C14H20N4O2.ClH/c1-10-3-2-4-12(5-10)18-14(20)17-9-13(19)16-8-11-6-15-7-11;/h2-5,11,15H,6-9H2,1H3,(H,16,19)(H2,17,18,20);1H. The zero-order valence-electron chi connectivity index (χ0n) is 11.9. The lowest BCUT2D eigenvalue weighted by atomic mass is 10.0. The Labute approximate surface area is 130 Å². The summed E-state index contributed by atoms with van der Waals surface area (Å²) >= 11 is 0. The molecule has 0 saturated carbocycles. The minimum absolute atomic E-state index is 0. The maximum atomic E-state index is 11.6. The second-order valence-corrected chi connectivity index (χ2v) is 5.01. The van der Waals surface area contributed by atoms with Gasteiger partial charge in [-0.15, -0.1) is 12.4 Å². The molecule has 1 aliphatic rings. The zero-order valence-corrected chi connectivity index (χ0v) is 12.8. The van der Waals surface area contributed by atoms with Crippen molar-refractivity contribution in [3.05, 3.63) is 29.8 Å². The Balaban J connectivity index is 0.00000220. The first kappa shape index (κ1) is 17.3. The first-order chi connectivity index (χ1) is 9.63. The number of nitrogens with one attached hydrogen (secondary N) is 4. The summed E-state index contributed by atoms with van der Waals surface area (Å²) in [4.78, 5) is 23.1. The summed E-state index contributed by atoms with van der Waals surface area (Å²) < 4.78 is 0. The molecular formula is C14H21ClN4O2. The predicted molar refractivity (Wildman–Crippen MR) is 84.8 cm³/mol. The molecule has 21 heavy (non-hydrogen) atoms. The van der Waals surface area contributed by atoms with Gasteiger partial charge in [-0.25, -0.2) is 4.79 Å². The van der Waals surface area contributed by atoms with Crippen LogP contribution in [0.4, 0.5) is 10.5 Å². The van der Waals surface area contributed by atoms with Crippen LogP contribution in [0.15, 0.2) is 24.3 Å². The predicted octanol–water partition coefficient (Wildman–Crippen LogP) is 0.874.